The highest BCUT2D eigenvalue weighted by molar-refractivity contribution is 7.99. The number of hydrogen-bond donors (Lipinski definition) is 2. The molecule has 18 heavy (non-hydrogen) atoms. The molecule has 1 aromatic rings. The first kappa shape index (κ1) is 12.5. The van der Waals surface area contributed by atoms with E-state index in [1.165, 1.54) is 16.2 Å². The van der Waals surface area contributed by atoms with Gasteiger partial charge in [-0.3, -0.25) is 0 Å². The quantitative estimate of drug-likeness (QED) is 0.879. The van der Waals surface area contributed by atoms with E-state index in [9.17, 15) is 5.11 Å². The van der Waals surface area contributed by atoms with Gasteiger partial charge in [0.05, 0.1) is 0 Å². The van der Waals surface area contributed by atoms with Gasteiger partial charge in [-0.05, 0) is 55.3 Å². The van der Waals surface area contributed by atoms with Gasteiger partial charge in [-0.25, -0.2) is 0 Å². The van der Waals surface area contributed by atoms with E-state index in [4.69, 9.17) is 0 Å². The van der Waals surface area contributed by atoms with Crippen molar-refractivity contribution < 1.29 is 5.11 Å². The molecule has 2 nitrogen and oxygen atoms in total. The van der Waals surface area contributed by atoms with Crippen LogP contribution in [-0.2, 0) is 0 Å². The Balaban J connectivity index is 1.77. The summed E-state index contributed by atoms with van der Waals surface area (Å²) >= 11 is 1.98. The Labute approximate surface area is 113 Å². The number of thioether (sulfide) groups is 1. The zero-order valence-corrected chi connectivity index (χ0v) is 11.5. The molecule has 0 amide bonds. The second-order valence-electron chi connectivity index (χ2n) is 5.66. The van der Waals surface area contributed by atoms with E-state index < -0.39 is 0 Å². The molecule has 1 aromatic carbocycles. The summed E-state index contributed by atoms with van der Waals surface area (Å²) in [5, 5.41) is 13.2. The standard InChI is InChI=1S/C15H21NOS/c17-11-15(5-7-16-8-6-15)9-12-10-18-14-4-2-1-3-13(12)14/h1-4,12,16-17H,5-11H2. The molecule has 0 spiro atoms. The van der Waals surface area contributed by atoms with E-state index in [0.29, 0.717) is 12.5 Å². The maximum absolute atomic E-state index is 9.82. The van der Waals surface area contributed by atoms with Gasteiger partial charge in [-0.2, -0.15) is 0 Å². The van der Waals surface area contributed by atoms with Crippen molar-refractivity contribution in [3.05, 3.63) is 29.8 Å². The molecule has 2 N–H and O–H groups in total. The highest BCUT2D eigenvalue weighted by atomic mass is 32.2. The molecule has 0 saturated carbocycles. The topological polar surface area (TPSA) is 32.3 Å². The van der Waals surface area contributed by atoms with Gasteiger partial charge >= 0.3 is 0 Å². The lowest BCUT2D eigenvalue weighted by molar-refractivity contribution is 0.0748. The van der Waals surface area contributed by atoms with Gasteiger partial charge in [-0.1, -0.05) is 18.2 Å². The minimum atomic E-state index is 0.161. The van der Waals surface area contributed by atoms with Gasteiger partial charge < -0.3 is 10.4 Å². The van der Waals surface area contributed by atoms with Crippen molar-refractivity contribution in [1.29, 1.82) is 0 Å². The first-order chi connectivity index (χ1) is 8.83. The highest BCUT2D eigenvalue weighted by Gasteiger charge is 2.36. The molecule has 2 heterocycles. The smallest absolute Gasteiger partial charge is 0.0488 e. The van der Waals surface area contributed by atoms with Gasteiger partial charge in [-0.15, -0.1) is 11.8 Å². The Kier molecular flexibility index (Phi) is 3.64. The van der Waals surface area contributed by atoms with Crippen LogP contribution < -0.4 is 5.32 Å². The first-order valence-corrected chi connectivity index (χ1v) is 7.85. The fraction of sp³-hybridized carbons (Fsp3) is 0.600. The maximum atomic E-state index is 9.82. The molecule has 2 aliphatic rings. The van der Waals surface area contributed by atoms with E-state index in [2.05, 4.69) is 29.6 Å². The predicted octanol–water partition coefficient (Wildman–Crippen LogP) is 2.63. The summed E-state index contributed by atoms with van der Waals surface area (Å²) < 4.78 is 0. The number of hydrogen-bond acceptors (Lipinski definition) is 3. The minimum absolute atomic E-state index is 0.161. The molecule has 98 valence electrons. The lowest BCUT2D eigenvalue weighted by Gasteiger charge is -2.38. The molecule has 1 fully saturated rings. The Bertz CT molecular complexity index is 415. The summed E-state index contributed by atoms with van der Waals surface area (Å²) in [7, 11) is 0. The van der Waals surface area contributed by atoms with Crippen LogP contribution in [0.1, 0.15) is 30.7 Å². The van der Waals surface area contributed by atoms with Gasteiger partial charge in [0.25, 0.3) is 0 Å². The summed E-state index contributed by atoms with van der Waals surface area (Å²) in [6.07, 6.45) is 3.38. The van der Waals surface area contributed by atoms with Crippen molar-refractivity contribution in [3.63, 3.8) is 0 Å². The number of benzene rings is 1. The van der Waals surface area contributed by atoms with Crippen molar-refractivity contribution in [1.82, 2.24) is 5.32 Å². The van der Waals surface area contributed by atoms with Gasteiger partial charge in [0.15, 0.2) is 0 Å². The van der Waals surface area contributed by atoms with Gasteiger partial charge in [0, 0.05) is 17.3 Å². The van der Waals surface area contributed by atoms with Crippen LogP contribution in [-0.4, -0.2) is 30.6 Å². The monoisotopic (exact) mass is 263 g/mol. The van der Waals surface area contributed by atoms with Crippen LogP contribution in [0, 0.1) is 5.41 Å². The molecule has 3 heteroatoms. The van der Waals surface area contributed by atoms with Crippen molar-refractivity contribution in [2.24, 2.45) is 5.41 Å². The molecule has 1 atom stereocenters. The fourth-order valence-corrected chi connectivity index (χ4v) is 4.56. The molecule has 0 bridgehead atoms. The van der Waals surface area contributed by atoms with Gasteiger partial charge in [0.2, 0.25) is 0 Å². The first-order valence-electron chi connectivity index (χ1n) is 6.86. The van der Waals surface area contributed by atoms with Crippen LogP contribution >= 0.6 is 11.8 Å². The Morgan fingerprint density at radius 2 is 2.06 bits per heavy atom. The van der Waals surface area contributed by atoms with E-state index in [0.717, 1.165) is 32.4 Å². The molecule has 1 unspecified atom stereocenters. The van der Waals surface area contributed by atoms with E-state index in [-0.39, 0.29) is 5.41 Å². The maximum Gasteiger partial charge on any atom is 0.0488 e. The largest absolute Gasteiger partial charge is 0.396 e. The zero-order chi connectivity index (χ0) is 12.4. The third kappa shape index (κ3) is 2.31. The SMILES string of the molecule is OCC1(CC2CSc3ccccc32)CCNCC1. The number of fused-ring (bicyclic) bond motifs is 1. The Morgan fingerprint density at radius 1 is 1.28 bits per heavy atom. The molecule has 2 aliphatic heterocycles. The molecule has 0 aliphatic carbocycles. The number of piperidine rings is 1. The van der Waals surface area contributed by atoms with Crippen LogP contribution in [0.15, 0.2) is 29.2 Å². The Morgan fingerprint density at radius 3 is 2.83 bits per heavy atom. The molecule has 1 saturated heterocycles. The van der Waals surface area contributed by atoms with Crippen LogP contribution in [0.4, 0.5) is 0 Å². The van der Waals surface area contributed by atoms with E-state index >= 15 is 0 Å². The minimum Gasteiger partial charge on any atom is -0.396 e. The van der Waals surface area contributed by atoms with Crippen molar-refractivity contribution in [2.45, 2.75) is 30.1 Å². The third-order valence-corrected chi connectivity index (χ3v) is 5.73. The van der Waals surface area contributed by atoms with Crippen LogP contribution in [0.5, 0.6) is 0 Å². The lowest BCUT2D eigenvalue weighted by Crippen LogP contribution is -2.40. The van der Waals surface area contributed by atoms with Crippen molar-refractivity contribution >= 4 is 11.8 Å². The number of aliphatic hydroxyl groups is 1. The van der Waals surface area contributed by atoms with Crippen LogP contribution in [0.2, 0.25) is 0 Å². The Hall–Kier alpha value is -0.510. The number of rotatable bonds is 3. The fourth-order valence-electron chi connectivity index (χ4n) is 3.30. The second-order valence-corrected chi connectivity index (χ2v) is 6.72. The average Bonchev–Trinajstić information content (AvgIpc) is 2.83. The molecule has 0 radical (unpaired) electrons. The highest BCUT2D eigenvalue weighted by Crippen LogP contribution is 2.47. The number of nitrogens with one attached hydrogen (secondary N) is 1. The zero-order valence-electron chi connectivity index (χ0n) is 10.7. The summed E-state index contributed by atoms with van der Waals surface area (Å²) in [6, 6.07) is 8.77. The van der Waals surface area contributed by atoms with Crippen molar-refractivity contribution in [2.75, 3.05) is 25.4 Å². The molecule has 0 aromatic heterocycles. The average molecular weight is 263 g/mol. The second kappa shape index (κ2) is 5.24. The van der Waals surface area contributed by atoms with Gasteiger partial charge in [0.1, 0.15) is 0 Å². The van der Waals surface area contributed by atoms with Crippen LogP contribution in [0.25, 0.3) is 0 Å². The molecular formula is C15H21NOS. The third-order valence-electron chi connectivity index (χ3n) is 4.48. The predicted molar refractivity (Wildman–Crippen MR) is 76.1 cm³/mol. The summed E-state index contributed by atoms with van der Waals surface area (Å²) in [6.45, 7) is 2.46. The van der Waals surface area contributed by atoms with E-state index in [1.54, 1.807) is 0 Å². The number of aliphatic hydroxyl groups excluding tert-OH is 1. The lowest BCUT2D eigenvalue weighted by atomic mass is 9.72. The summed E-state index contributed by atoms with van der Waals surface area (Å²) in [5.74, 6) is 1.82. The summed E-state index contributed by atoms with van der Waals surface area (Å²) in [5.41, 5.74) is 1.67. The molecule has 3 rings (SSSR count). The normalized spacial score (nSPS) is 25.9. The summed E-state index contributed by atoms with van der Waals surface area (Å²) in [4.78, 5) is 1.45. The van der Waals surface area contributed by atoms with Crippen LogP contribution in [0.3, 0.4) is 0 Å². The van der Waals surface area contributed by atoms with E-state index in [1.807, 2.05) is 11.8 Å². The molecular weight excluding hydrogens is 242 g/mol. The van der Waals surface area contributed by atoms with Crippen molar-refractivity contribution in [3.8, 4) is 0 Å².